The van der Waals surface area contributed by atoms with E-state index in [9.17, 15) is 22.8 Å². The molecule has 1 aliphatic rings. The van der Waals surface area contributed by atoms with E-state index in [1.165, 1.54) is 36.4 Å². The molecule has 0 aromatic heterocycles. The Hall–Kier alpha value is -3.27. The van der Waals surface area contributed by atoms with Gasteiger partial charge in [0.2, 0.25) is 0 Å². The second-order valence-corrected chi connectivity index (χ2v) is 5.47. The van der Waals surface area contributed by atoms with Gasteiger partial charge in [0.25, 0.3) is 0 Å². The van der Waals surface area contributed by atoms with Crippen molar-refractivity contribution in [2.24, 2.45) is 0 Å². The van der Waals surface area contributed by atoms with Gasteiger partial charge in [-0.2, -0.15) is 5.26 Å². The van der Waals surface area contributed by atoms with E-state index in [0.717, 1.165) is 0 Å². The number of nitrogens with zero attached hydrogens (tertiary/aromatic N) is 2. The van der Waals surface area contributed by atoms with Crippen molar-refractivity contribution in [1.82, 2.24) is 0 Å². The van der Waals surface area contributed by atoms with Crippen LogP contribution in [0.1, 0.15) is 5.56 Å². The van der Waals surface area contributed by atoms with E-state index in [0.29, 0.717) is 28.9 Å². The molecule has 0 saturated carbocycles. The van der Waals surface area contributed by atoms with Crippen LogP contribution in [0, 0.1) is 17.1 Å². The number of halogens is 4. The number of hydrogen-bond acceptors (Lipinski definition) is 3. The normalized spacial score (nSPS) is 14.3. The van der Waals surface area contributed by atoms with Crippen molar-refractivity contribution < 1.29 is 22.3 Å². The number of anilines is 1. The van der Waals surface area contributed by atoms with Gasteiger partial charge in [-0.05, 0) is 48.0 Å². The van der Waals surface area contributed by atoms with Crippen LogP contribution in [-0.2, 0) is 0 Å². The number of ether oxygens (including phenoxy) is 1. The third-order valence-corrected chi connectivity index (χ3v) is 3.74. The molecule has 0 aliphatic carbocycles. The topological polar surface area (TPSA) is 36.3 Å². The number of benzene rings is 2. The molecule has 3 rings (SSSR count). The highest BCUT2D eigenvalue weighted by atomic mass is 19.4. The Kier molecular flexibility index (Phi) is 4.67. The molecule has 0 unspecified atom stereocenters. The number of alkyl halides is 3. The standard InChI is InChI=1S/C19H12F4N2O/c20-15-3-1-13(2-4-15)18-12-25(10-9-14(18)11-24)16-5-7-17(8-6-16)26-19(21,22)23/h1-9,12H,10H2. The predicted octanol–water partition coefficient (Wildman–Crippen LogP) is 5.04. The third kappa shape index (κ3) is 4.03. The van der Waals surface area contributed by atoms with Gasteiger partial charge in [-0.1, -0.05) is 12.1 Å². The summed E-state index contributed by atoms with van der Waals surface area (Å²) in [7, 11) is 0. The Balaban J connectivity index is 1.88. The maximum atomic E-state index is 13.1. The first-order chi connectivity index (χ1) is 12.4. The minimum Gasteiger partial charge on any atom is -0.406 e. The molecule has 0 atom stereocenters. The van der Waals surface area contributed by atoms with Gasteiger partial charge in [0, 0.05) is 24.0 Å². The maximum Gasteiger partial charge on any atom is 0.573 e. The molecule has 1 heterocycles. The Morgan fingerprint density at radius 3 is 2.23 bits per heavy atom. The molecule has 132 valence electrons. The molecular weight excluding hydrogens is 348 g/mol. The molecule has 0 amide bonds. The third-order valence-electron chi connectivity index (χ3n) is 3.74. The van der Waals surface area contributed by atoms with Gasteiger partial charge in [-0.15, -0.1) is 13.2 Å². The van der Waals surface area contributed by atoms with E-state index in [2.05, 4.69) is 10.8 Å². The summed E-state index contributed by atoms with van der Waals surface area (Å²) < 4.78 is 53.7. The number of rotatable bonds is 3. The van der Waals surface area contributed by atoms with Crippen LogP contribution in [0.25, 0.3) is 5.57 Å². The fourth-order valence-electron chi connectivity index (χ4n) is 2.56. The van der Waals surface area contributed by atoms with Crippen molar-refractivity contribution in [2.45, 2.75) is 6.36 Å². The Morgan fingerprint density at radius 2 is 1.65 bits per heavy atom. The van der Waals surface area contributed by atoms with Crippen LogP contribution in [-0.4, -0.2) is 12.9 Å². The number of allylic oxidation sites excluding steroid dienone is 2. The van der Waals surface area contributed by atoms with Crippen LogP contribution in [0.3, 0.4) is 0 Å². The zero-order valence-electron chi connectivity index (χ0n) is 13.3. The van der Waals surface area contributed by atoms with E-state index in [1.54, 1.807) is 29.3 Å². The fraction of sp³-hybridized carbons (Fsp3) is 0.105. The van der Waals surface area contributed by atoms with Gasteiger partial charge in [-0.25, -0.2) is 4.39 Å². The molecular formula is C19H12F4N2O. The van der Waals surface area contributed by atoms with Crippen LogP contribution in [0.4, 0.5) is 23.2 Å². The number of nitriles is 1. The van der Waals surface area contributed by atoms with Crippen molar-refractivity contribution in [3.05, 3.63) is 77.8 Å². The average molecular weight is 360 g/mol. The highest BCUT2D eigenvalue weighted by Crippen LogP contribution is 2.31. The van der Waals surface area contributed by atoms with E-state index in [-0.39, 0.29) is 11.6 Å². The van der Waals surface area contributed by atoms with Crippen molar-refractivity contribution in [3.63, 3.8) is 0 Å². The SMILES string of the molecule is N#CC1=CCN(c2ccc(OC(F)(F)F)cc2)C=C1c1ccc(F)cc1. The molecule has 1 aliphatic heterocycles. The quantitative estimate of drug-likeness (QED) is 0.720. The summed E-state index contributed by atoms with van der Waals surface area (Å²) in [6, 6.07) is 13.3. The maximum absolute atomic E-state index is 13.1. The summed E-state index contributed by atoms with van der Waals surface area (Å²) in [6.45, 7) is 0.382. The van der Waals surface area contributed by atoms with E-state index in [1.807, 2.05) is 0 Å². The van der Waals surface area contributed by atoms with Crippen LogP contribution in [0.15, 0.2) is 66.4 Å². The molecule has 0 fully saturated rings. The van der Waals surface area contributed by atoms with Crippen molar-refractivity contribution >= 4 is 11.3 Å². The average Bonchev–Trinajstić information content (AvgIpc) is 2.61. The molecule has 3 nitrogen and oxygen atoms in total. The summed E-state index contributed by atoms with van der Waals surface area (Å²) in [4.78, 5) is 1.77. The van der Waals surface area contributed by atoms with Crippen LogP contribution < -0.4 is 9.64 Å². The molecule has 0 saturated heterocycles. The summed E-state index contributed by atoms with van der Waals surface area (Å²) in [5.41, 5.74) is 2.35. The summed E-state index contributed by atoms with van der Waals surface area (Å²) >= 11 is 0. The first-order valence-electron chi connectivity index (χ1n) is 7.56. The molecule has 0 radical (unpaired) electrons. The van der Waals surface area contributed by atoms with Gasteiger partial charge >= 0.3 is 6.36 Å². The minimum atomic E-state index is -4.74. The van der Waals surface area contributed by atoms with Crippen LogP contribution in [0.2, 0.25) is 0 Å². The Bertz CT molecular complexity index is 891. The van der Waals surface area contributed by atoms with Crippen LogP contribution >= 0.6 is 0 Å². The lowest BCUT2D eigenvalue weighted by atomic mass is 9.97. The first-order valence-corrected chi connectivity index (χ1v) is 7.56. The Morgan fingerprint density at radius 1 is 1.00 bits per heavy atom. The van der Waals surface area contributed by atoms with Gasteiger partial charge in [0.15, 0.2) is 0 Å². The van der Waals surface area contributed by atoms with E-state index in [4.69, 9.17) is 0 Å². The molecule has 26 heavy (non-hydrogen) atoms. The minimum absolute atomic E-state index is 0.311. The lowest BCUT2D eigenvalue weighted by Gasteiger charge is -2.25. The smallest absolute Gasteiger partial charge is 0.406 e. The molecule has 0 spiro atoms. The van der Waals surface area contributed by atoms with Crippen molar-refractivity contribution in [1.29, 1.82) is 5.26 Å². The monoisotopic (exact) mass is 360 g/mol. The molecule has 2 aromatic carbocycles. The van der Waals surface area contributed by atoms with E-state index >= 15 is 0 Å². The van der Waals surface area contributed by atoms with Gasteiger partial charge in [0.1, 0.15) is 11.6 Å². The first kappa shape index (κ1) is 17.5. The fourth-order valence-corrected chi connectivity index (χ4v) is 2.56. The molecule has 0 bridgehead atoms. The Labute approximate surface area is 147 Å². The second kappa shape index (κ2) is 6.92. The highest BCUT2D eigenvalue weighted by molar-refractivity contribution is 5.86. The summed E-state index contributed by atoms with van der Waals surface area (Å²) in [5, 5.41) is 9.30. The molecule has 7 heteroatoms. The highest BCUT2D eigenvalue weighted by Gasteiger charge is 2.31. The van der Waals surface area contributed by atoms with Gasteiger partial charge < -0.3 is 9.64 Å². The van der Waals surface area contributed by atoms with Crippen LogP contribution in [0.5, 0.6) is 5.75 Å². The molecule has 2 aromatic rings. The van der Waals surface area contributed by atoms with Crippen molar-refractivity contribution in [2.75, 3.05) is 11.4 Å². The number of hydrogen-bond donors (Lipinski definition) is 0. The van der Waals surface area contributed by atoms with Gasteiger partial charge in [0.05, 0.1) is 11.6 Å². The van der Waals surface area contributed by atoms with Gasteiger partial charge in [-0.3, -0.25) is 0 Å². The zero-order valence-corrected chi connectivity index (χ0v) is 13.3. The molecule has 0 N–H and O–H groups in total. The summed E-state index contributed by atoms with van der Waals surface area (Å²) in [6.07, 6.45) is -1.32. The lowest BCUT2D eigenvalue weighted by molar-refractivity contribution is -0.274. The van der Waals surface area contributed by atoms with Crippen molar-refractivity contribution in [3.8, 4) is 11.8 Å². The zero-order chi connectivity index (χ0) is 18.7. The predicted molar refractivity (Wildman–Crippen MR) is 88.5 cm³/mol. The van der Waals surface area contributed by atoms with E-state index < -0.39 is 6.36 Å². The lowest BCUT2D eigenvalue weighted by Crippen LogP contribution is -2.21. The summed E-state index contributed by atoms with van der Waals surface area (Å²) in [5.74, 6) is -0.695. The second-order valence-electron chi connectivity index (χ2n) is 5.47. The largest absolute Gasteiger partial charge is 0.573 e.